The topological polar surface area (TPSA) is 46.0 Å². The highest BCUT2D eigenvalue weighted by Crippen LogP contribution is 2.67. The van der Waals surface area contributed by atoms with E-state index in [9.17, 15) is 5.11 Å². The average Bonchev–Trinajstić information content (AvgIpc) is 3.10. The summed E-state index contributed by atoms with van der Waals surface area (Å²) in [6.07, 6.45) is 20.5. The number of aryl methyl sites for hydroxylation is 1. The third kappa shape index (κ3) is 3.27. The van der Waals surface area contributed by atoms with Crippen LogP contribution in [0.15, 0.2) is 30.4 Å². The summed E-state index contributed by atoms with van der Waals surface area (Å²) in [6.45, 7) is 7.71. The van der Waals surface area contributed by atoms with Crippen LogP contribution in [0.2, 0.25) is 0 Å². The molecule has 0 amide bonds. The molecule has 0 aromatic carbocycles. The number of aliphatic hydroxyl groups is 1. The summed E-state index contributed by atoms with van der Waals surface area (Å²) < 4.78 is 0. The fraction of sp³-hybridized carbons (Fsp3) is 0.778. The van der Waals surface area contributed by atoms with E-state index in [1.54, 1.807) is 11.9 Å². The van der Waals surface area contributed by atoms with E-state index in [2.05, 4.69) is 36.8 Å². The molecule has 4 aliphatic rings. The Balaban J connectivity index is 1.31. The number of rotatable bonds is 4. The first kappa shape index (κ1) is 20.7. The molecular weight excluding hydrogens is 368 g/mol. The van der Waals surface area contributed by atoms with Crippen molar-refractivity contribution in [3.05, 3.63) is 35.9 Å². The van der Waals surface area contributed by atoms with Crippen molar-refractivity contribution in [2.45, 2.75) is 91.1 Å². The average molecular weight is 409 g/mol. The van der Waals surface area contributed by atoms with Gasteiger partial charge in [-0.1, -0.05) is 32.4 Å². The summed E-state index contributed by atoms with van der Waals surface area (Å²) in [5.41, 5.74) is 3.76. The van der Waals surface area contributed by atoms with E-state index in [4.69, 9.17) is 0 Å². The van der Waals surface area contributed by atoms with Crippen LogP contribution >= 0.6 is 0 Å². The molecule has 0 saturated heterocycles. The third-order valence-corrected chi connectivity index (χ3v) is 10.3. The zero-order valence-electron chi connectivity index (χ0n) is 19.2. The number of aliphatic hydroxyl groups excluding tert-OH is 1. The molecule has 1 aromatic rings. The normalized spacial score (nSPS) is 43.9. The predicted molar refractivity (Wildman–Crippen MR) is 121 cm³/mol. The first-order valence-electron chi connectivity index (χ1n) is 12.5. The van der Waals surface area contributed by atoms with Gasteiger partial charge in [-0.05, 0) is 110 Å². The minimum absolute atomic E-state index is 0.0959. The van der Waals surface area contributed by atoms with E-state index >= 15 is 0 Å². The van der Waals surface area contributed by atoms with E-state index < -0.39 is 0 Å². The molecule has 8 unspecified atom stereocenters. The van der Waals surface area contributed by atoms with Gasteiger partial charge in [0.2, 0.25) is 0 Å². The Bertz CT molecular complexity index is 791. The second kappa shape index (κ2) is 7.73. The van der Waals surface area contributed by atoms with Gasteiger partial charge in [-0.15, -0.1) is 0 Å². The highest BCUT2D eigenvalue weighted by atomic mass is 16.3. The first-order valence-corrected chi connectivity index (χ1v) is 12.5. The Labute approximate surface area is 182 Å². The fourth-order valence-corrected chi connectivity index (χ4v) is 8.67. The second-order valence-electron chi connectivity index (χ2n) is 11.6. The minimum Gasteiger partial charge on any atom is -0.393 e. The van der Waals surface area contributed by atoms with Crippen molar-refractivity contribution in [2.75, 3.05) is 0 Å². The maximum Gasteiger partial charge on any atom is 0.115 e. The molecule has 1 N–H and O–H groups in total. The molecule has 8 atom stereocenters. The molecule has 4 aliphatic carbocycles. The van der Waals surface area contributed by atoms with Gasteiger partial charge in [-0.3, -0.25) is 0 Å². The van der Waals surface area contributed by atoms with Crippen molar-refractivity contribution in [1.82, 2.24) is 9.97 Å². The van der Waals surface area contributed by atoms with Crippen molar-refractivity contribution in [3.8, 4) is 0 Å². The largest absolute Gasteiger partial charge is 0.393 e. The lowest BCUT2D eigenvalue weighted by Gasteiger charge is -2.58. The van der Waals surface area contributed by atoms with Gasteiger partial charge in [0.15, 0.2) is 0 Å². The molecule has 1 aromatic heterocycles. The van der Waals surface area contributed by atoms with Crippen molar-refractivity contribution >= 4 is 0 Å². The molecule has 0 aliphatic heterocycles. The van der Waals surface area contributed by atoms with Crippen molar-refractivity contribution in [2.24, 2.45) is 40.4 Å². The van der Waals surface area contributed by atoms with Crippen molar-refractivity contribution in [1.29, 1.82) is 0 Å². The number of fused-ring (bicyclic) bond motifs is 5. The van der Waals surface area contributed by atoms with E-state index in [1.165, 1.54) is 50.5 Å². The standard InChI is InChI=1S/C27H40N2O/c1-18(4-5-19-15-28-17-29-16-19)23-8-9-24-22-7-6-20-14-21(30)10-12-26(20,2)25(22)11-13-27(23,24)3/h6,15-18,21-25,30H,4-5,7-14H2,1-3H3. The van der Waals surface area contributed by atoms with E-state index in [0.29, 0.717) is 10.8 Å². The quantitative estimate of drug-likeness (QED) is 0.623. The molecule has 3 nitrogen and oxygen atoms in total. The molecule has 1 heterocycles. The Morgan fingerprint density at radius 3 is 2.67 bits per heavy atom. The van der Waals surface area contributed by atoms with Crippen LogP contribution in [0, 0.1) is 40.4 Å². The fourth-order valence-electron chi connectivity index (χ4n) is 8.67. The zero-order chi connectivity index (χ0) is 20.9. The summed E-state index contributed by atoms with van der Waals surface area (Å²) in [4.78, 5) is 8.39. The number of hydrogen-bond acceptors (Lipinski definition) is 3. The highest BCUT2D eigenvalue weighted by molar-refractivity contribution is 5.25. The molecule has 3 fully saturated rings. The van der Waals surface area contributed by atoms with Gasteiger partial charge < -0.3 is 5.11 Å². The lowest BCUT2D eigenvalue weighted by atomic mass is 9.47. The van der Waals surface area contributed by atoms with E-state index in [0.717, 1.165) is 48.9 Å². The Kier molecular flexibility index (Phi) is 5.32. The summed E-state index contributed by atoms with van der Waals surface area (Å²) in [6, 6.07) is 0. The summed E-state index contributed by atoms with van der Waals surface area (Å²) in [5.74, 6) is 4.24. The molecule has 5 rings (SSSR count). The van der Waals surface area contributed by atoms with Crippen LogP contribution in [0.5, 0.6) is 0 Å². The molecule has 0 bridgehead atoms. The molecule has 3 saturated carbocycles. The van der Waals surface area contributed by atoms with Crippen LogP contribution < -0.4 is 0 Å². The summed E-state index contributed by atoms with van der Waals surface area (Å²) in [7, 11) is 0. The number of nitrogens with zero attached hydrogens (tertiary/aromatic N) is 2. The van der Waals surface area contributed by atoms with E-state index in [-0.39, 0.29) is 6.10 Å². The summed E-state index contributed by atoms with van der Waals surface area (Å²) >= 11 is 0. The monoisotopic (exact) mass is 408 g/mol. The maximum atomic E-state index is 10.2. The number of allylic oxidation sites excluding steroid dienone is 1. The number of hydrogen-bond donors (Lipinski definition) is 1. The second-order valence-corrected chi connectivity index (χ2v) is 11.6. The van der Waals surface area contributed by atoms with Crippen molar-refractivity contribution in [3.63, 3.8) is 0 Å². The van der Waals surface area contributed by atoms with Gasteiger partial charge in [0.25, 0.3) is 0 Å². The van der Waals surface area contributed by atoms with Crippen LogP contribution in [0.4, 0.5) is 0 Å². The van der Waals surface area contributed by atoms with Crippen LogP contribution in [-0.2, 0) is 6.42 Å². The lowest BCUT2D eigenvalue weighted by Crippen LogP contribution is -2.50. The van der Waals surface area contributed by atoms with Gasteiger partial charge in [0, 0.05) is 12.4 Å². The lowest BCUT2D eigenvalue weighted by molar-refractivity contribution is -0.0571. The van der Waals surface area contributed by atoms with Crippen molar-refractivity contribution < 1.29 is 5.11 Å². The molecule has 0 radical (unpaired) electrons. The van der Waals surface area contributed by atoms with Gasteiger partial charge in [-0.25, -0.2) is 9.97 Å². The molecule has 3 heteroatoms. The van der Waals surface area contributed by atoms with Crippen LogP contribution in [0.1, 0.15) is 84.1 Å². The maximum absolute atomic E-state index is 10.2. The predicted octanol–water partition coefficient (Wildman–Crippen LogP) is 5.99. The van der Waals surface area contributed by atoms with Gasteiger partial charge in [0.1, 0.15) is 6.33 Å². The Morgan fingerprint density at radius 2 is 1.87 bits per heavy atom. The molecular formula is C27H40N2O. The minimum atomic E-state index is -0.0959. The molecule has 0 spiro atoms. The number of aromatic nitrogens is 2. The first-order chi connectivity index (χ1) is 14.4. The third-order valence-electron chi connectivity index (χ3n) is 10.3. The smallest absolute Gasteiger partial charge is 0.115 e. The van der Waals surface area contributed by atoms with E-state index in [1.807, 2.05) is 12.4 Å². The van der Waals surface area contributed by atoms with Crippen LogP contribution in [-0.4, -0.2) is 21.2 Å². The van der Waals surface area contributed by atoms with Crippen LogP contribution in [0.25, 0.3) is 0 Å². The summed E-state index contributed by atoms with van der Waals surface area (Å²) in [5, 5.41) is 10.2. The van der Waals surface area contributed by atoms with Gasteiger partial charge in [0.05, 0.1) is 6.10 Å². The molecule has 30 heavy (non-hydrogen) atoms. The van der Waals surface area contributed by atoms with Crippen LogP contribution in [0.3, 0.4) is 0 Å². The highest BCUT2D eigenvalue weighted by Gasteiger charge is 2.59. The Hall–Kier alpha value is -1.22. The SMILES string of the molecule is CC(CCc1cncnc1)C1CCC2C3CC=C4CC(O)CCC4(C)C3CCC12C. The van der Waals surface area contributed by atoms with Gasteiger partial charge >= 0.3 is 0 Å². The molecule has 164 valence electrons. The van der Waals surface area contributed by atoms with Gasteiger partial charge in [-0.2, -0.15) is 0 Å². The zero-order valence-corrected chi connectivity index (χ0v) is 19.2. The Morgan fingerprint density at radius 1 is 1.07 bits per heavy atom.